The molecule has 0 atom stereocenters. The Morgan fingerprint density at radius 2 is 1.82 bits per heavy atom. The number of halogens is 3. The van der Waals surface area contributed by atoms with E-state index < -0.39 is 18.0 Å². The van der Waals surface area contributed by atoms with Crippen molar-refractivity contribution in [2.45, 2.75) is 6.18 Å². The third-order valence-electron chi connectivity index (χ3n) is 3.93. The molecule has 28 heavy (non-hydrogen) atoms. The van der Waals surface area contributed by atoms with Gasteiger partial charge in [-0.05, 0) is 30.3 Å². The number of carbonyl (C=O) groups excluding carboxylic acids is 1. The highest BCUT2D eigenvalue weighted by Crippen LogP contribution is 2.34. The lowest BCUT2D eigenvalue weighted by atomic mass is 10.2. The first-order valence-corrected chi connectivity index (χ1v) is 7.96. The maximum Gasteiger partial charge on any atom is 0.452 e. The van der Waals surface area contributed by atoms with Gasteiger partial charge >= 0.3 is 12.1 Å². The third kappa shape index (κ3) is 2.98. The van der Waals surface area contributed by atoms with Gasteiger partial charge in [-0.2, -0.15) is 13.2 Å². The molecule has 0 spiro atoms. The van der Waals surface area contributed by atoms with Gasteiger partial charge in [0.15, 0.2) is 0 Å². The van der Waals surface area contributed by atoms with E-state index in [1.165, 1.54) is 25.3 Å². The zero-order valence-corrected chi connectivity index (χ0v) is 14.3. The number of fused-ring (bicyclic) bond motifs is 3. The van der Waals surface area contributed by atoms with Crippen LogP contribution in [0.4, 0.5) is 13.2 Å². The van der Waals surface area contributed by atoms with Crippen molar-refractivity contribution in [1.82, 2.24) is 19.6 Å². The van der Waals surface area contributed by atoms with Crippen LogP contribution in [0.25, 0.3) is 16.7 Å². The summed E-state index contributed by atoms with van der Waals surface area (Å²) in [5.41, 5.74) is -0.00522. The van der Waals surface area contributed by atoms with Crippen LogP contribution in [-0.4, -0.2) is 32.7 Å². The second-order valence-corrected chi connectivity index (χ2v) is 5.71. The summed E-state index contributed by atoms with van der Waals surface area (Å²) < 4.78 is 51.5. The molecule has 2 heterocycles. The summed E-state index contributed by atoms with van der Waals surface area (Å²) in [5, 5.41) is 6.88. The fourth-order valence-electron chi connectivity index (χ4n) is 2.70. The fourth-order valence-corrected chi connectivity index (χ4v) is 2.70. The van der Waals surface area contributed by atoms with Crippen LogP contribution in [0.1, 0.15) is 16.2 Å². The summed E-state index contributed by atoms with van der Waals surface area (Å²) in [6.07, 6.45) is -4.78. The quantitative estimate of drug-likeness (QED) is 0.496. The van der Waals surface area contributed by atoms with Gasteiger partial charge in [0.25, 0.3) is 5.88 Å². The van der Waals surface area contributed by atoms with Crippen molar-refractivity contribution in [1.29, 1.82) is 0 Å². The summed E-state index contributed by atoms with van der Waals surface area (Å²) in [7, 11) is 1.18. The van der Waals surface area contributed by atoms with E-state index >= 15 is 0 Å². The van der Waals surface area contributed by atoms with E-state index in [-0.39, 0.29) is 28.1 Å². The molecule has 0 saturated heterocycles. The average Bonchev–Trinajstić information content (AvgIpc) is 3.14. The van der Waals surface area contributed by atoms with Crippen LogP contribution >= 0.6 is 0 Å². The van der Waals surface area contributed by atoms with Crippen LogP contribution < -0.4 is 4.74 Å². The minimum Gasteiger partial charge on any atom is -0.465 e. The van der Waals surface area contributed by atoms with Crippen molar-refractivity contribution in [3.05, 3.63) is 59.9 Å². The van der Waals surface area contributed by atoms with Crippen LogP contribution in [0.2, 0.25) is 0 Å². The Labute approximate surface area is 155 Å². The Morgan fingerprint density at radius 1 is 1.07 bits per heavy atom. The summed E-state index contributed by atoms with van der Waals surface area (Å²) in [5.74, 6) is -1.72. The Balaban J connectivity index is 2.01. The molecule has 10 heteroatoms. The van der Waals surface area contributed by atoms with Crippen molar-refractivity contribution >= 4 is 22.6 Å². The van der Waals surface area contributed by atoms with Crippen molar-refractivity contribution in [3.8, 4) is 11.6 Å². The molecule has 0 unspecified atom stereocenters. The first kappa shape index (κ1) is 17.7. The molecule has 0 aliphatic rings. The van der Waals surface area contributed by atoms with E-state index in [2.05, 4.69) is 19.9 Å². The molecular weight excluding hydrogens is 377 g/mol. The number of esters is 1. The van der Waals surface area contributed by atoms with E-state index in [0.29, 0.717) is 5.75 Å². The van der Waals surface area contributed by atoms with E-state index in [1.807, 2.05) is 0 Å². The third-order valence-corrected chi connectivity index (χ3v) is 3.93. The maximum absolute atomic E-state index is 13.5. The Hall–Kier alpha value is -3.69. The minimum atomic E-state index is -4.78. The van der Waals surface area contributed by atoms with Gasteiger partial charge in [0.2, 0.25) is 11.5 Å². The van der Waals surface area contributed by atoms with E-state index in [4.69, 9.17) is 4.74 Å². The number of aromatic nitrogens is 4. The molecule has 0 saturated carbocycles. The van der Waals surface area contributed by atoms with Crippen LogP contribution in [0.5, 0.6) is 11.6 Å². The number of hydrogen-bond donors (Lipinski definition) is 0. The van der Waals surface area contributed by atoms with Gasteiger partial charge in [-0.3, -0.25) is 4.40 Å². The molecule has 0 aliphatic heterocycles. The molecule has 0 bridgehead atoms. The van der Waals surface area contributed by atoms with Crippen molar-refractivity contribution in [3.63, 3.8) is 0 Å². The summed E-state index contributed by atoms with van der Waals surface area (Å²) in [4.78, 5) is 16.0. The lowest BCUT2D eigenvalue weighted by molar-refractivity contribution is -0.145. The van der Waals surface area contributed by atoms with Gasteiger partial charge in [-0.25, -0.2) is 9.78 Å². The van der Waals surface area contributed by atoms with E-state index in [1.54, 1.807) is 30.3 Å². The van der Waals surface area contributed by atoms with E-state index in [9.17, 15) is 18.0 Å². The highest BCUT2D eigenvalue weighted by molar-refractivity contribution is 5.94. The molecule has 142 valence electrons. The first-order valence-electron chi connectivity index (χ1n) is 7.96. The molecule has 2 aromatic heterocycles. The zero-order valence-electron chi connectivity index (χ0n) is 14.3. The normalized spacial score (nSPS) is 11.7. The Morgan fingerprint density at radius 3 is 2.50 bits per heavy atom. The highest BCUT2D eigenvalue weighted by Gasteiger charge is 2.38. The van der Waals surface area contributed by atoms with Gasteiger partial charge < -0.3 is 9.47 Å². The van der Waals surface area contributed by atoms with E-state index in [0.717, 1.165) is 4.40 Å². The van der Waals surface area contributed by atoms with Crippen molar-refractivity contribution < 1.29 is 27.4 Å². The zero-order chi connectivity index (χ0) is 19.9. The van der Waals surface area contributed by atoms with Crippen LogP contribution in [0, 0.1) is 0 Å². The smallest absolute Gasteiger partial charge is 0.452 e. The molecule has 0 fully saturated rings. The minimum absolute atomic E-state index is 0.00404. The first-order chi connectivity index (χ1) is 13.4. The number of ether oxygens (including phenoxy) is 2. The summed E-state index contributed by atoms with van der Waals surface area (Å²) >= 11 is 0. The fraction of sp³-hybridized carbons (Fsp3) is 0.111. The predicted octanol–water partition coefficient (Wildman–Crippen LogP) is 3.88. The lowest BCUT2D eigenvalue weighted by Crippen LogP contribution is -2.12. The lowest BCUT2D eigenvalue weighted by Gasteiger charge is -2.11. The molecule has 0 radical (unpaired) electrons. The maximum atomic E-state index is 13.5. The van der Waals surface area contributed by atoms with Gasteiger partial charge in [-0.15, -0.1) is 10.2 Å². The van der Waals surface area contributed by atoms with Crippen LogP contribution in [-0.2, 0) is 10.9 Å². The number of alkyl halides is 3. The van der Waals surface area contributed by atoms with Crippen LogP contribution in [0.3, 0.4) is 0 Å². The largest absolute Gasteiger partial charge is 0.465 e. The molecule has 2 aromatic carbocycles. The highest BCUT2D eigenvalue weighted by atomic mass is 19.4. The molecule has 7 nitrogen and oxygen atoms in total. The number of hydrogen-bond acceptors (Lipinski definition) is 6. The van der Waals surface area contributed by atoms with Crippen LogP contribution in [0.15, 0.2) is 48.5 Å². The van der Waals surface area contributed by atoms with Gasteiger partial charge in [0.05, 0.1) is 23.7 Å². The summed E-state index contributed by atoms with van der Waals surface area (Å²) in [6.45, 7) is 0. The molecule has 0 aliphatic carbocycles. The number of benzene rings is 2. The number of carbonyl (C=O) groups is 1. The second-order valence-electron chi connectivity index (χ2n) is 5.71. The number of nitrogens with zero attached hydrogens (tertiary/aromatic N) is 4. The Bertz CT molecular complexity index is 1190. The topological polar surface area (TPSA) is 78.6 Å². The molecule has 0 N–H and O–H groups in total. The Kier molecular flexibility index (Phi) is 4.10. The van der Waals surface area contributed by atoms with Gasteiger partial charge in [0.1, 0.15) is 5.75 Å². The summed E-state index contributed by atoms with van der Waals surface area (Å²) in [6, 6.07) is 12.5. The average molecular weight is 388 g/mol. The predicted molar refractivity (Wildman–Crippen MR) is 91.1 cm³/mol. The number of rotatable bonds is 3. The van der Waals surface area contributed by atoms with Crippen molar-refractivity contribution in [2.24, 2.45) is 0 Å². The molecule has 4 aromatic rings. The molecule has 0 amide bonds. The number of para-hydroxylation sites is 1. The SMILES string of the molecule is COC(=O)c1ccc2nc(Oc3ccccc3)c3nnc(C(F)(F)F)n3c2c1. The number of methoxy groups -OCH3 is 1. The molecule has 4 rings (SSSR count). The van der Waals surface area contributed by atoms with Gasteiger partial charge in [0, 0.05) is 0 Å². The monoisotopic (exact) mass is 388 g/mol. The standard InChI is InChI=1S/C18H11F3N4O3/c1-27-16(26)10-7-8-12-13(9-10)25-14(23-24-17(25)18(19,20)21)15(22-12)28-11-5-3-2-4-6-11/h2-9H,1H3. The second kappa shape index (κ2) is 6.48. The van der Waals surface area contributed by atoms with Crippen molar-refractivity contribution in [2.75, 3.05) is 7.11 Å². The van der Waals surface area contributed by atoms with Gasteiger partial charge in [-0.1, -0.05) is 18.2 Å². The molecular formula is C18H11F3N4O3.